The van der Waals surface area contributed by atoms with Gasteiger partial charge in [0.25, 0.3) is 0 Å². The molecule has 4 aromatic carbocycles. The molecule has 49 heavy (non-hydrogen) atoms. The molecule has 0 atom stereocenters. The van der Waals surface area contributed by atoms with Gasteiger partial charge in [-0.25, -0.2) is 9.67 Å². The summed E-state index contributed by atoms with van der Waals surface area (Å²) in [4.78, 5) is 4.81. The van der Waals surface area contributed by atoms with Crippen LogP contribution < -0.4 is 4.74 Å². The molecule has 5 heteroatoms. The molecule has 0 fully saturated rings. The molecule has 0 aliphatic carbocycles. The van der Waals surface area contributed by atoms with Crippen molar-refractivity contribution in [2.75, 3.05) is 0 Å². The van der Waals surface area contributed by atoms with Crippen molar-refractivity contribution in [3.63, 3.8) is 0 Å². The lowest BCUT2D eigenvalue weighted by atomic mass is 9.86. The molecule has 0 aliphatic heterocycles. The third-order valence-electron chi connectivity index (χ3n) is 9.25. The van der Waals surface area contributed by atoms with Crippen LogP contribution in [0.15, 0.2) is 103 Å². The molecule has 5 nitrogen and oxygen atoms in total. The molecule has 248 valence electrons. The van der Waals surface area contributed by atoms with Crippen LogP contribution in [0.3, 0.4) is 0 Å². The van der Waals surface area contributed by atoms with Gasteiger partial charge in [-0.15, -0.1) is 0 Å². The van der Waals surface area contributed by atoms with E-state index in [4.69, 9.17) is 14.8 Å². The number of fused-ring (bicyclic) bond motifs is 3. The van der Waals surface area contributed by atoms with Crippen molar-refractivity contribution in [1.82, 2.24) is 19.3 Å². The summed E-state index contributed by atoms with van der Waals surface area (Å²) < 4.78 is 11.1. The summed E-state index contributed by atoms with van der Waals surface area (Å²) in [6, 6.07) is 34.5. The third-order valence-corrected chi connectivity index (χ3v) is 9.25. The van der Waals surface area contributed by atoms with Crippen LogP contribution in [0.25, 0.3) is 44.4 Å². The highest BCUT2D eigenvalue weighted by molar-refractivity contribution is 6.09. The van der Waals surface area contributed by atoms with E-state index in [-0.39, 0.29) is 10.8 Å². The van der Waals surface area contributed by atoms with Gasteiger partial charge in [0, 0.05) is 40.4 Å². The summed E-state index contributed by atoms with van der Waals surface area (Å²) in [7, 11) is 0. The molecular weight excluding hydrogens is 601 g/mol. The van der Waals surface area contributed by atoms with Gasteiger partial charge < -0.3 is 4.74 Å². The van der Waals surface area contributed by atoms with E-state index in [1.54, 1.807) is 0 Å². The molecule has 0 saturated carbocycles. The van der Waals surface area contributed by atoms with Gasteiger partial charge in [-0.2, -0.15) is 5.10 Å². The van der Waals surface area contributed by atoms with Crippen molar-refractivity contribution < 1.29 is 4.74 Å². The largest absolute Gasteiger partial charge is 0.457 e. The average Bonchev–Trinajstić information content (AvgIpc) is 3.52. The maximum absolute atomic E-state index is 6.78. The Morgan fingerprint density at radius 2 is 1.47 bits per heavy atom. The van der Waals surface area contributed by atoms with Crippen LogP contribution in [0, 0.1) is 26.2 Å². The maximum atomic E-state index is 6.78. The predicted octanol–water partition coefficient (Wildman–Crippen LogP) is 11.6. The topological polar surface area (TPSA) is 44.9 Å². The monoisotopic (exact) mass is 646 g/mol. The van der Waals surface area contributed by atoms with E-state index < -0.39 is 0 Å². The summed E-state index contributed by atoms with van der Waals surface area (Å²) in [6.07, 6.45) is 2.79. The predicted molar refractivity (Wildman–Crippen MR) is 204 cm³/mol. The fourth-order valence-corrected chi connectivity index (χ4v) is 7.01. The van der Waals surface area contributed by atoms with E-state index in [0.717, 1.165) is 51.8 Å². The molecule has 7 aromatic rings. The minimum absolute atomic E-state index is 0.0381. The van der Waals surface area contributed by atoms with Gasteiger partial charge in [0.1, 0.15) is 17.3 Å². The van der Waals surface area contributed by atoms with Crippen LogP contribution in [0.1, 0.15) is 69.6 Å². The number of hydrogen-bond acceptors (Lipinski definition) is 3. The van der Waals surface area contributed by atoms with Gasteiger partial charge in [-0.3, -0.25) is 4.57 Å². The minimum Gasteiger partial charge on any atom is -0.457 e. The van der Waals surface area contributed by atoms with Crippen LogP contribution >= 0.6 is 0 Å². The number of aryl methyl sites for hydroxylation is 2. The molecule has 0 radical (unpaired) electrons. The Balaban J connectivity index is 1.36. The molecule has 3 heterocycles. The van der Waals surface area contributed by atoms with Gasteiger partial charge in [0.2, 0.25) is 0 Å². The zero-order valence-corrected chi connectivity index (χ0v) is 30.2. The molecule has 0 bridgehead atoms. The first-order valence-electron chi connectivity index (χ1n) is 17.2. The van der Waals surface area contributed by atoms with Crippen molar-refractivity contribution >= 4 is 21.8 Å². The lowest BCUT2D eigenvalue weighted by molar-refractivity contribution is 0.409. The SMILES string of the molecule is Cc1ccnc(-n2c3ccc(C(C)(C)C)cc3c3ccc(Oc4cc(CC(C)(C)C)cc(-n5nc(C)c(-c6ccccc6)c5C)c4)cc32)c1. The van der Waals surface area contributed by atoms with Gasteiger partial charge in [-0.05, 0) is 109 Å². The van der Waals surface area contributed by atoms with E-state index >= 15 is 0 Å². The number of ether oxygens (including phenoxy) is 1. The van der Waals surface area contributed by atoms with Crippen molar-refractivity contribution in [2.45, 2.75) is 74.1 Å². The lowest BCUT2D eigenvalue weighted by Crippen LogP contribution is -2.10. The van der Waals surface area contributed by atoms with Crippen LogP contribution in [-0.2, 0) is 11.8 Å². The van der Waals surface area contributed by atoms with E-state index in [2.05, 4.69) is 163 Å². The number of rotatable bonds is 6. The molecule has 0 amide bonds. The number of nitrogens with zero attached hydrogens (tertiary/aromatic N) is 4. The molecular formula is C44H46N4O. The second kappa shape index (κ2) is 12.1. The Labute approximate surface area is 290 Å². The van der Waals surface area contributed by atoms with Gasteiger partial charge >= 0.3 is 0 Å². The quantitative estimate of drug-likeness (QED) is 0.181. The Morgan fingerprint density at radius 3 is 2.18 bits per heavy atom. The Hall–Kier alpha value is -5.16. The molecule has 0 unspecified atom stereocenters. The molecule has 7 rings (SSSR count). The molecule has 3 aromatic heterocycles. The van der Waals surface area contributed by atoms with Gasteiger partial charge in [0.05, 0.1) is 22.4 Å². The summed E-state index contributed by atoms with van der Waals surface area (Å²) in [6.45, 7) is 19.9. The fourth-order valence-electron chi connectivity index (χ4n) is 7.01. The highest BCUT2D eigenvalue weighted by atomic mass is 16.5. The highest BCUT2D eigenvalue weighted by Crippen LogP contribution is 2.38. The zero-order valence-electron chi connectivity index (χ0n) is 30.2. The summed E-state index contributed by atoms with van der Waals surface area (Å²) in [5.74, 6) is 2.46. The lowest BCUT2D eigenvalue weighted by Gasteiger charge is -2.20. The minimum atomic E-state index is 0.0381. The summed E-state index contributed by atoms with van der Waals surface area (Å²) >= 11 is 0. The number of pyridine rings is 1. The molecule has 0 N–H and O–H groups in total. The van der Waals surface area contributed by atoms with E-state index in [1.807, 2.05) is 12.3 Å². The van der Waals surface area contributed by atoms with Crippen LogP contribution in [0.2, 0.25) is 0 Å². The number of hydrogen-bond donors (Lipinski definition) is 0. The number of benzene rings is 4. The van der Waals surface area contributed by atoms with Crippen molar-refractivity contribution in [3.8, 4) is 34.1 Å². The van der Waals surface area contributed by atoms with E-state index in [1.165, 1.54) is 38.6 Å². The van der Waals surface area contributed by atoms with Crippen LogP contribution in [0.5, 0.6) is 11.5 Å². The molecule has 0 saturated heterocycles. The Kier molecular flexibility index (Phi) is 7.98. The zero-order chi connectivity index (χ0) is 34.7. The Morgan fingerprint density at radius 1 is 0.694 bits per heavy atom. The standard InChI is InChI=1S/C44H46N4O/c1-28-19-20-45-41(21-28)47-39-18-15-33(44(7,8)9)24-38(39)37-17-16-35(26-40(37)47)49-36-23-31(27-43(4,5)6)22-34(25-36)48-30(3)42(29(2)46-48)32-13-11-10-12-14-32/h10-26H,27H2,1-9H3. The smallest absolute Gasteiger partial charge is 0.137 e. The first kappa shape index (κ1) is 32.4. The normalized spacial score (nSPS) is 12.3. The number of aromatic nitrogens is 4. The van der Waals surface area contributed by atoms with Crippen LogP contribution in [-0.4, -0.2) is 19.3 Å². The summed E-state index contributed by atoms with van der Waals surface area (Å²) in [5, 5.41) is 7.42. The van der Waals surface area contributed by atoms with E-state index in [0.29, 0.717) is 0 Å². The van der Waals surface area contributed by atoms with Crippen molar-refractivity contribution in [1.29, 1.82) is 0 Å². The molecule has 0 aliphatic rings. The average molecular weight is 647 g/mol. The second-order valence-electron chi connectivity index (χ2n) is 15.7. The van der Waals surface area contributed by atoms with Crippen molar-refractivity contribution in [3.05, 3.63) is 131 Å². The fraction of sp³-hybridized carbons (Fsp3) is 0.273. The maximum Gasteiger partial charge on any atom is 0.137 e. The highest BCUT2D eigenvalue weighted by Gasteiger charge is 2.21. The first-order valence-corrected chi connectivity index (χ1v) is 17.2. The van der Waals surface area contributed by atoms with Crippen molar-refractivity contribution in [2.24, 2.45) is 5.41 Å². The van der Waals surface area contributed by atoms with E-state index in [9.17, 15) is 0 Å². The summed E-state index contributed by atoms with van der Waals surface area (Å²) in [5.41, 5.74) is 11.5. The van der Waals surface area contributed by atoms with Gasteiger partial charge in [-0.1, -0.05) is 77.9 Å². The van der Waals surface area contributed by atoms with Gasteiger partial charge in [0.15, 0.2) is 0 Å². The molecule has 0 spiro atoms. The first-order chi connectivity index (χ1) is 23.2. The third kappa shape index (κ3) is 6.38. The Bertz CT molecular complexity index is 2330. The second-order valence-corrected chi connectivity index (χ2v) is 15.7. The van der Waals surface area contributed by atoms with Crippen LogP contribution in [0.4, 0.5) is 0 Å².